The minimum absolute atomic E-state index is 0.526. The second-order valence-corrected chi connectivity index (χ2v) is 5.47. The van der Waals surface area contributed by atoms with E-state index in [2.05, 4.69) is 15.9 Å². The summed E-state index contributed by atoms with van der Waals surface area (Å²) in [6.07, 6.45) is 0. The molecule has 3 nitrogen and oxygen atoms in total. The van der Waals surface area contributed by atoms with Gasteiger partial charge in [-0.2, -0.15) is 0 Å². The van der Waals surface area contributed by atoms with Crippen molar-refractivity contribution in [1.29, 1.82) is 0 Å². The summed E-state index contributed by atoms with van der Waals surface area (Å²) in [7, 11) is 0. The maximum Gasteiger partial charge on any atom is 0.310 e. The molecule has 1 aromatic heterocycles. The van der Waals surface area contributed by atoms with E-state index in [4.69, 9.17) is 9.52 Å². The third-order valence-electron chi connectivity index (χ3n) is 3.33. The van der Waals surface area contributed by atoms with Crippen molar-refractivity contribution < 1.29 is 14.3 Å². The summed E-state index contributed by atoms with van der Waals surface area (Å²) in [5, 5.41) is 11.0. The monoisotopic (exact) mass is 318 g/mol. The van der Waals surface area contributed by atoms with Crippen molar-refractivity contribution in [2.75, 3.05) is 0 Å². The highest BCUT2D eigenvalue weighted by molar-refractivity contribution is 9.10. The number of carbonyl (C=O) groups is 1. The highest BCUT2D eigenvalue weighted by Crippen LogP contribution is 2.32. The van der Waals surface area contributed by atoms with Gasteiger partial charge in [-0.15, -0.1) is 0 Å². The molecular formula is C15H11BrO3. The normalized spacial score (nSPS) is 12.9. The van der Waals surface area contributed by atoms with Crippen LogP contribution in [0.15, 0.2) is 45.3 Å². The van der Waals surface area contributed by atoms with Crippen LogP contribution in [0.25, 0.3) is 21.9 Å². The minimum Gasteiger partial charge on any atom is -0.481 e. The van der Waals surface area contributed by atoms with E-state index < -0.39 is 11.9 Å². The van der Waals surface area contributed by atoms with Gasteiger partial charge in [0.25, 0.3) is 0 Å². The minimum atomic E-state index is -0.826. The molecule has 19 heavy (non-hydrogen) atoms. The van der Waals surface area contributed by atoms with Crippen molar-refractivity contribution >= 4 is 43.8 Å². The highest BCUT2D eigenvalue weighted by Gasteiger charge is 2.15. The maximum absolute atomic E-state index is 11.1. The number of furan rings is 1. The van der Waals surface area contributed by atoms with Crippen LogP contribution in [0.4, 0.5) is 0 Å². The van der Waals surface area contributed by atoms with Crippen molar-refractivity contribution in [3.8, 4) is 0 Å². The Morgan fingerprint density at radius 3 is 2.47 bits per heavy atom. The zero-order chi connectivity index (χ0) is 13.6. The fourth-order valence-electron chi connectivity index (χ4n) is 2.18. The molecule has 0 aliphatic carbocycles. The standard InChI is InChI=1S/C15H11BrO3/c1-8(15(17)18)9-2-4-13-11(6-9)12-7-10(16)3-5-14(12)19-13/h2-8H,1H3,(H,17,18). The van der Waals surface area contributed by atoms with Crippen LogP contribution in [0.3, 0.4) is 0 Å². The number of halogens is 1. The Kier molecular flexibility index (Phi) is 2.82. The SMILES string of the molecule is CC(C(=O)O)c1ccc2oc3ccc(Br)cc3c2c1. The Hall–Kier alpha value is -1.81. The zero-order valence-corrected chi connectivity index (χ0v) is 11.8. The average Bonchev–Trinajstić information content (AvgIpc) is 2.75. The molecule has 1 N–H and O–H groups in total. The molecule has 0 amide bonds. The molecule has 0 saturated heterocycles. The smallest absolute Gasteiger partial charge is 0.310 e. The fourth-order valence-corrected chi connectivity index (χ4v) is 2.54. The van der Waals surface area contributed by atoms with Crippen LogP contribution in [-0.4, -0.2) is 11.1 Å². The van der Waals surface area contributed by atoms with Crippen molar-refractivity contribution in [3.05, 3.63) is 46.4 Å². The number of carboxylic acid groups (broad SMARTS) is 1. The van der Waals surface area contributed by atoms with Gasteiger partial charge in [0.05, 0.1) is 5.92 Å². The summed E-state index contributed by atoms with van der Waals surface area (Å²) >= 11 is 3.44. The molecule has 4 heteroatoms. The molecule has 0 aliphatic rings. The number of hydrogen-bond acceptors (Lipinski definition) is 2. The highest BCUT2D eigenvalue weighted by atomic mass is 79.9. The van der Waals surface area contributed by atoms with Gasteiger partial charge in [0.1, 0.15) is 11.2 Å². The lowest BCUT2D eigenvalue weighted by Gasteiger charge is -2.05. The molecule has 0 aliphatic heterocycles. The molecule has 1 heterocycles. The number of benzene rings is 2. The van der Waals surface area contributed by atoms with Crippen LogP contribution in [0, 0.1) is 0 Å². The van der Waals surface area contributed by atoms with Crippen LogP contribution < -0.4 is 0 Å². The van der Waals surface area contributed by atoms with Crippen molar-refractivity contribution in [3.63, 3.8) is 0 Å². The van der Waals surface area contributed by atoms with Gasteiger partial charge in [-0.3, -0.25) is 4.79 Å². The van der Waals surface area contributed by atoms with Crippen LogP contribution in [0.5, 0.6) is 0 Å². The van der Waals surface area contributed by atoms with E-state index in [1.54, 1.807) is 13.0 Å². The third-order valence-corrected chi connectivity index (χ3v) is 3.82. The van der Waals surface area contributed by atoms with E-state index in [0.717, 1.165) is 32.0 Å². The summed E-state index contributed by atoms with van der Waals surface area (Å²) < 4.78 is 6.71. The summed E-state index contributed by atoms with van der Waals surface area (Å²) in [5.41, 5.74) is 2.36. The predicted octanol–water partition coefficient (Wildman–Crippen LogP) is 4.54. The first-order chi connectivity index (χ1) is 9.06. The summed E-state index contributed by atoms with van der Waals surface area (Å²) in [6, 6.07) is 11.3. The van der Waals surface area contributed by atoms with E-state index >= 15 is 0 Å². The third kappa shape index (κ3) is 2.02. The van der Waals surface area contributed by atoms with Crippen LogP contribution in [0.1, 0.15) is 18.4 Å². The van der Waals surface area contributed by atoms with Gasteiger partial charge in [-0.05, 0) is 42.8 Å². The molecule has 0 bridgehead atoms. The first kappa shape index (κ1) is 12.2. The number of fused-ring (bicyclic) bond motifs is 3. The van der Waals surface area contributed by atoms with Gasteiger partial charge in [0.2, 0.25) is 0 Å². The zero-order valence-electron chi connectivity index (χ0n) is 10.2. The molecule has 0 radical (unpaired) electrons. The summed E-state index contributed by atoms with van der Waals surface area (Å²) in [5.74, 6) is -1.35. The molecule has 3 rings (SSSR count). The molecule has 0 saturated carbocycles. The Bertz CT molecular complexity index is 789. The number of hydrogen-bond donors (Lipinski definition) is 1. The van der Waals surface area contributed by atoms with Gasteiger partial charge in [0, 0.05) is 15.2 Å². The van der Waals surface area contributed by atoms with Gasteiger partial charge in [-0.25, -0.2) is 0 Å². The van der Waals surface area contributed by atoms with Gasteiger partial charge >= 0.3 is 5.97 Å². The Balaban J connectivity index is 2.28. The predicted molar refractivity (Wildman–Crippen MR) is 77.5 cm³/mol. The second kappa shape index (κ2) is 4.38. The van der Waals surface area contributed by atoms with Crippen LogP contribution in [-0.2, 0) is 4.79 Å². The quantitative estimate of drug-likeness (QED) is 0.754. The molecule has 0 spiro atoms. The van der Waals surface area contributed by atoms with Crippen molar-refractivity contribution in [2.45, 2.75) is 12.8 Å². The molecule has 96 valence electrons. The summed E-state index contributed by atoms with van der Waals surface area (Å²) in [4.78, 5) is 11.1. The number of carboxylic acids is 1. The van der Waals surface area contributed by atoms with Gasteiger partial charge < -0.3 is 9.52 Å². The van der Waals surface area contributed by atoms with Crippen LogP contribution in [0.2, 0.25) is 0 Å². The number of rotatable bonds is 2. The van der Waals surface area contributed by atoms with Gasteiger partial charge in [-0.1, -0.05) is 22.0 Å². The molecular weight excluding hydrogens is 308 g/mol. The van der Waals surface area contributed by atoms with E-state index in [-0.39, 0.29) is 0 Å². The molecule has 1 atom stereocenters. The van der Waals surface area contributed by atoms with E-state index in [1.165, 1.54) is 0 Å². The Morgan fingerprint density at radius 2 is 1.79 bits per heavy atom. The first-order valence-electron chi connectivity index (χ1n) is 5.91. The lowest BCUT2D eigenvalue weighted by atomic mass is 9.99. The Labute approximate surface area is 118 Å². The van der Waals surface area contributed by atoms with Crippen LogP contribution >= 0.6 is 15.9 Å². The lowest BCUT2D eigenvalue weighted by molar-refractivity contribution is -0.138. The van der Waals surface area contributed by atoms with E-state index in [1.807, 2.05) is 30.3 Å². The molecule has 2 aromatic carbocycles. The number of aliphatic carboxylic acids is 1. The van der Waals surface area contributed by atoms with E-state index in [9.17, 15) is 4.79 Å². The summed E-state index contributed by atoms with van der Waals surface area (Å²) in [6.45, 7) is 1.68. The van der Waals surface area contributed by atoms with E-state index in [0.29, 0.717) is 0 Å². The largest absolute Gasteiger partial charge is 0.481 e. The molecule has 1 unspecified atom stereocenters. The van der Waals surface area contributed by atoms with Crippen molar-refractivity contribution in [2.24, 2.45) is 0 Å². The molecule has 3 aromatic rings. The Morgan fingerprint density at radius 1 is 1.16 bits per heavy atom. The molecule has 0 fully saturated rings. The average molecular weight is 319 g/mol. The lowest BCUT2D eigenvalue weighted by Crippen LogP contribution is -2.06. The maximum atomic E-state index is 11.1. The topological polar surface area (TPSA) is 50.4 Å². The van der Waals surface area contributed by atoms with Crippen molar-refractivity contribution in [1.82, 2.24) is 0 Å². The second-order valence-electron chi connectivity index (χ2n) is 4.56. The van der Waals surface area contributed by atoms with Gasteiger partial charge in [0.15, 0.2) is 0 Å². The first-order valence-corrected chi connectivity index (χ1v) is 6.70. The fraction of sp³-hybridized carbons (Fsp3) is 0.133.